The van der Waals surface area contributed by atoms with Gasteiger partial charge in [-0.15, -0.1) is 0 Å². The van der Waals surface area contributed by atoms with E-state index in [2.05, 4.69) is 0 Å². The molecule has 4 nitrogen and oxygen atoms in total. The Labute approximate surface area is 128 Å². The summed E-state index contributed by atoms with van der Waals surface area (Å²) in [5, 5.41) is 0.181. The second-order valence-electron chi connectivity index (χ2n) is 5.02. The van der Waals surface area contributed by atoms with Gasteiger partial charge in [0.1, 0.15) is 0 Å². The van der Waals surface area contributed by atoms with Crippen molar-refractivity contribution in [2.24, 2.45) is 0 Å². The lowest BCUT2D eigenvalue weighted by Gasteiger charge is -2.35. The van der Waals surface area contributed by atoms with Crippen molar-refractivity contribution in [2.75, 3.05) is 7.05 Å². The van der Waals surface area contributed by atoms with E-state index in [1.54, 1.807) is 18.9 Å². The molecule has 2 rings (SSSR count). The number of nitrogens with zero attached hydrogens (tertiary/aromatic N) is 1. The summed E-state index contributed by atoms with van der Waals surface area (Å²) >= 11 is 5.91. The van der Waals surface area contributed by atoms with Gasteiger partial charge in [-0.05, 0) is 43.9 Å². The largest absolute Gasteiger partial charge is 0.339 e. The highest BCUT2D eigenvalue weighted by atomic mass is 35.7. The van der Waals surface area contributed by atoms with Crippen LogP contribution in [0.25, 0.3) is 0 Å². The van der Waals surface area contributed by atoms with Crippen LogP contribution in [-0.2, 0) is 9.05 Å². The third-order valence-corrected chi connectivity index (χ3v) is 5.43. The maximum absolute atomic E-state index is 12.5. The fourth-order valence-electron chi connectivity index (χ4n) is 2.26. The van der Waals surface area contributed by atoms with E-state index in [0.29, 0.717) is 5.56 Å². The molecule has 0 aliphatic heterocycles. The quantitative estimate of drug-likeness (QED) is 0.797. The molecule has 1 aromatic carbocycles. The standard InChI is InChI=1S/C13H15Cl2NO3S/c1-8-11(13(17)16(2)10-4-3-5-10)6-9(14)7-12(8)20(15,18)19/h6-7,10H,3-5H2,1-2H3. The van der Waals surface area contributed by atoms with Crippen LogP contribution in [0.5, 0.6) is 0 Å². The van der Waals surface area contributed by atoms with E-state index in [4.69, 9.17) is 22.3 Å². The number of rotatable bonds is 3. The van der Waals surface area contributed by atoms with Crippen LogP contribution in [0.15, 0.2) is 17.0 Å². The molecular formula is C13H15Cl2NO3S. The molecule has 7 heteroatoms. The maximum Gasteiger partial charge on any atom is 0.261 e. The van der Waals surface area contributed by atoms with E-state index in [9.17, 15) is 13.2 Å². The number of benzene rings is 1. The second-order valence-corrected chi connectivity index (χ2v) is 7.99. The molecule has 0 atom stereocenters. The summed E-state index contributed by atoms with van der Waals surface area (Å²) in [4.78, 5) is 14.0. The normalized spacial score (nSPS) is 15.8. The van der Waals surface area contributed by atoms with Gasteiger partial charge in [-0.25, -0.2) is 8.42 Å². The Hall–Kier alpha value is -0.780. The van der Waals surface area contributed by atoms with Crippen LogP contribution in [0.2, 0.25) is 5.02 Å². The van der Waals surface area contributed by atoms with Crippen molar-refractivity contribution < 1.29 is 13.2 Å². The first kappa shape index (κ1) is 15.6. The highest BCUT2D eigenvalue weighted by Crippen LogP contribution is 2.30. The molecule has 0 aromatic heterocycles. The molecule has 1 amide bonds. The summed E-state index contributed by atoms with van der Waals surface area (Å²) in [6.07, 6.45) is 3.06. The SMILES string of the molecule is Cc1c(C(=O)N(C)C2CCC2)cc(Cl)cc1S(=O)(=O)Cl. The minimum Gasteiger partial charge on any atom is -0.339 e. The Kier molecular flexibility index (Phi) is 4.33. The highest BCUT2D eigenvalue weighted by molar-refractivity contribution is 8.13. The maximum atomic E-state index is 12.5. The fourth-order valence-corrected chi connectivity index (χ4v) is 3.77. The number of carbonyl (C=O) groups is 1. The van der Waals surface area contributed by atoms with Crippen molar-refractivity contribution in [3.05, 3.63) is 28.3 Å². The number of amides is 1. The van der Waals surface area contributed by atoms with Crippen LogP contribution in [0.1, 0.15) is 35.2 Å². The van der Waals surface area contributed by atoms with Crippen LogP contribution in [-0.4, -0.2) is 32.3 Å². The monoisotopic (exact) mass is 335 g/mol. The van der Waals surface area contributed by atoms with Gasteiger partial charge in [0.15, 0.2) is 0 Å². The van der Waals surface area contributed by atoms with Gasteiger partial charge >= 0.3 is 0 Å². The molecule has 0 heterocycles. The van der Waals surface area contributed by atoms with E-state index in [1.807, 2.05) is 0 Å². The van der Waals surface area contributed by atoms with Gasteiger partial charge in [-0.1, -0.05) is 11.6 Å². The fraction of sp³-hybridized carbons (Fsp3) is 0.462. The lowest BCUT2D eigenvalue weighted by Crippen LogP contribution is -2.41. The van der Waals surface area contributed by atoms with Gasteiger partial charge in [-0.2, -0.15) is 0 Å². The zero-order valence-electron chi connectivity index (χ0n) is 11.2. The Balaban J connectivity index is 2.46. The smallest absolute Gasteiger partial charge is 0.261 e. The molecule has 1 aromatic rings. The Bertz CT molecular complexity index is 654. The predicted molar refractivity (Wildman–Crippen MR) is 79.0 cm³/mol. The first-order valence-electron chi connectivity index (χ1n) is 6.24. The lowest BCUT2D eigenvalue weighted by atomic mass is 9.91. The van der Waals surface area contributed by atoms with Crippen LogP contribution in [0.4, 0.5) is 0 Å². The average molecular weight is 336 g/mol. The van der Waals surface area contributed by atoms with Gasteiger partial charge in [0.2, 0.25) is 0 Å². The van der Waals surface area contributed by atoms with E-state index < -0.39 is 9.05 Å². The van der Waals surface area contributed by atoms with Crippen LogP contribution in [0, 0.1) is 6.92 Å². The molecule has 1 aliphatic carbocycles. The summed E-state index contributed by atoms with van der Waals surface area (Å²) in [5.74, 6) is -0.226. The van der Waals surface area contributed by atoms with Crippen molar-refractivity contribution in [2.45, 2.75) is 37.1 Å². The summed E-state index contributed by atoms with van der Waals surface area (Å²) in [5.41, 5.74) is 0.617. The average Bonchev–Trinajstić information content (AvgIpc) is 2.27. The van der Waals surface area contributed by atoms with E-state index in [0.717, 1.165) is 19.3 Å². The third kappa shape index (κ3) is 2.95. The summed E-state index contributed by atoms with van der Waals surface area (Å²) in [6, 6.07) is 2.97. The molecule has 1 fully saturated rings. The molecular weight excluding hydrogens is 321 g/mol. The van der Waals surface area contributed by atoms with E-state index in [-0.39, 0.29) is 27.4 Å². The summed E-state index contributed by atoms with van der Waals surface area (Å²) in [6.45, 7) is 1.56. The van der Waals surface area contributed by atoms with Crippen molar-refractivity contribution in [1.29, 1.82) is 0 Å². The first-order chi connectivity index (χ1) is 9.21. The number of carbonyl (C=O) groups excluding carboxylic acids is 1. The molecule has 1 saturated carbocycles. The van der Waals surface area contributed by atoms with Gasteiger partial charge < -0.3 is 4.90 Å². The summed E-state index contributed by atoms with van der Waals surface area (Å²) < 4.78 is 23.1. The van der Waals surface area contributed by atoms with Gasteiger partial charge in [0.25, 0.3) is 15.0 Å². The molecule has 0 unspecified atom stereocenters. The van der Waals surface area contributed by atoms with Crippen LogP contribution < -0.4 is 0 Å². The Morgan fingerprint density at radius 3 is 2.40 bits per heavy atom. The minimum atomic E-state index is -3.93. The molecule has 1 aliphatic rings. The van der Waals surface area contributed by atoms with Gasteiger partial charge in [-0.3, -0.25) is 4.79 Å². The number of halogens is 2. The van der Waals surface area contributed by atoms with E-state index in [1.165, 1.54) is 12.1 Å². The van der Waals surface area contributed by atoms with Gasteiger partial charge in [0, 0.05) is 34.4 Å². The molecule has 20 heavy (non-hydrogen) atoms. The predicted octanol–water partition coefficient (Wildman–Crippen LogP) is 3.20. The van der Waals surface area contributed by atoms with Gasteiger partial charge in [0.05, 0.1) is 4.90 Å². The molecule has 0 radical (unpaired) electrons. The molecule has 0 spiro atoms. The number of hydrogen-bond acceptors (Lipinski definition) is 3. The minimum absolute atomic E-state index is 0.114. The highest BCUT2D eigenvalue weighted by Gasteiger charge is 2.28. The van der Waals surface area contributed by atoms with Crippen molar-refractivity contribution in [1.82, 2.24) is 4.90 Å². The van der Waals surface area contributed by atoms with Crippen molar-refractivity contribution in [3.63, 3.8) is 0 Å². The zero-order chi connectivity index (χ0) is 15.1. The van der Waals surface area contributed by atoms with Crippen LogP contribution in [0.3, 0.4) is 0 Å². The van der Waals surface area contributed by atoms with E-state index >= 15 is 0 Å². The van der Waals surface area contributed by atoms with Crippen LogP contribution >= 0.6 is 22.3 Å². The van der Waals surface area contributed by atoms with Crippen molar-refractivity contribution >= 4 is 37.2 Å². The third-order valence-electron chi connectivity index (χ3n) is 3.76. The molecule has 110 valence electrons. The lowest BCUT2D eigenvalue weighted by molar-refractivity contribution is 0.0651. The zero-order valence-corrected chi connectivity index (χ0v) is 13.5. The topological polar surface area (TPSA) is 54.5 Å². The molecule has 0 N–H and O–H groups in total. The summed E-state index contributed by atoms with van der Waals surface area (Å²) in [7, 11) is 3.17. The van der Waals surface area contributed by atoms with Crippen molar-refractivity contribution in [3.8, 4) is 0 Å². The molecule has 0 saturated heterocycles. The number of hydrogen-bond donors (Lipinski definition) is 0. The Morgan fingerprint density at radius 2 is 1.95 bits per heavy atom. The second kappa shape index (κ2) is 5.54. The first-order valence-corrected chi connectivity index (χ1v) is 8.92. The Morgan fingerprint density at radius 1 is 1.35 bits per heavy atom. The molecule has 0 bridgehead atoms.